The Balaban J connectivity index is 1.75. The summed E-state index contributed by atoms with van der Waals surface area (Å²) in [5, 5.41) is 6.56. The molecule has 2 aromatic rings. The largest absolute Gasteiger partial charge is 0.496 e. The Hall–Kier alpha value is -2.33. The minimum atomic E-state index is -0.0513. The molecule has 1 aliphatic rings. The van der Waals surface area contributed by atoms with Crippen LogP contribution in [0.5, 0.6) is 5.75 Å². The lowest BCUT2D eigenvalue weighted by molar-refractivity contribution is -0.114. The van der Waals surface area contributed by atoms with Crippen LogP contribution in [0, 0.1) is 0 Å². The van der Waals surface area contributed by atoms with Gasteiger partial charge in [-0.2, -0.15) is 0 Å². The number of carbonyl (C=O) groups is 1. The molecule has 0 unspecified atom stereocenters. The van der Waals surface area contributed by atoms with E-state index in [0.717, 1.165) is 29.8 Å². The average molecular weight is 324 g/mol. The number of benzene rings is 2. The second-order valence-electron chi connectivity index (χ2n) is 6.31. The van der Waals surface area contributed by atoms with Gasteiger partial charge in [0.25, 0.3) is 0 Å². The summed E-state index contributed by atoms with van der Waals surface area (Å²) < 4.78 is 5.48. The highest BCUT2D eigenvalue weighted by atomic mass is 16.5. The smallest absolute Gasteiger partial charge is 0.221 e. The van der Waals surface area contributed by atoms with E-state index in [2.05, 4.69) is 35.8 Å². The second-order valence-corrected chi connectivity index (χ2v) is 6.31. The van der Waals surface area contributed by atoms with Gasteiger partial charge in [-0.15, -0.1) is 0 Å². The molecular weight excluding hydrogens is 300 g/mol. The number of amides is 1. The summed E-state index contributed by atoms with van der Waals surface area (Å²) >= 11 is 0. The van der Waals surface area contributed by atoms with Crippen LogP contribution in [0.15, 0.2) is 42.5 Å². The molecule has 2 N–H and O–H groups in total. The molecule has 0 aliphatic heterocycles. The van der Waals surface area contributed by atoms with E-state index in [-0.39, 0.29) is 11.9 Å². The first-order valence-electron chi connectivity index (χ1n) is 8.38. The second kappa shape index (κ2) is 7.05. The number of fused-ring (bicyclic) bond motifs is 1. The van der Waals surface area contributed by atoms with Crippen molar-refractivity contribution in [1.29, 1.82) is 0 Å². The normalized spacial score (nSPS) is 17.2. The highest BCUT2D eigenvalue weighted by Crippen LogP contribution is 2.38. The van der Waals surface area contributed by atoms with E-state index in [9.17, 15) is 4.79 Å². The topological polar surface area (TPSA) is 50.4 Å². The van der Waals surface area contributed by atoms with Crippen molar-refractivity contribution in [3.05, 3.63) is 59.2 Å². The van der Waals surface area contributed by atoms with E-state index in [1.165, 1.54) is 18.1 Å². The minimum Gasteiger partial charge on any atom is -0.496 e. The van der Waals surface area contributed by atoms with Gasteiger partial charge in [0.2, 0.25) is 5.91 Å². The molecule has 0 bridgehead atoms. The molecule has 1 amide bonds. The summed E-state index contributed by atoms with van der Waals surface area (Å²) in [7, 11) is 1.73. The van der Waals surface area contributed by atoms with E-state index < -0.39 is 0 Å². The van der Waals surface area contributed by atoms with Crippen LogP contribution >= 0.6 is 0 Å². The third-order valence-electron chi connectivity index (χ3n) is 4.61. The molecule has 0 saturated carbocycles. The average Bonchev–Trinajstić information content (AvgIpc) is 2.97. The van der Waals surface area contributed by atoms with Crippen molar-refractivity contribution in [2.75, 3.05) is 12.4 Å². The van der Waals surface area contributed by atoms with Gasteiger partial charge < -0.3 is 15.4 Å². The Morgan fingerprint density at radius 1 is 1.25 bits per heavy atom. The summed E-state index contributed by atoms with van der Waals surface area (Å²) in [5.74, 6) is 0.932. The Kier molecular flexibility index (Phi) is 4.86. The summed E-state index contributed by atoms with van der Waals surface area (Å²) in [6.45, 7) is 3.68. The summed E-state index contributed by atoms with van der Waals surface area (Å²) in [4.78, 5) is 11.2. The summed E-state index contributed by atoms with van der Waals surface area (Å²) in [6.07, 6.45) is 2.11. The molecule has 2 aromatic carbocycles. The van der Waals surface area contributed by atoms with Crippen LogP contribution in [0.4, 0.5) is 5.69 Å². The number of hydrogen-bond acceptors (Lipinski definition) is 3. The van der Waals surface area contributed by atoms with Crippen LogP contribution in [0.25, 0.3) is 0 Å². The van der Waals surface area contributed by atoms with Crippen molar-refractivity contribution in [2.24, 2.45) is 0 Å². The van der Waals surface area contributed by atoms with Crippen molar-refractivity contribution in [1.82, 2.24) is 5.32 Å². The lowest BCUT2D eigenvalue weighted by Gasteiger charge is -2.21. The Bertz CT molecular complexity index is 742. The Morgan fingerprint density at radius 3 is 2.79 bits per heavy atom. The fourth-order valence-corrected chi connectivity index (χ4v) is 3.47. The van der Waals surface area contributed by atoms with Crippen LogP contribution in [0.1, 0.15) is 49.0 Å². The van der Waals surface area contributed by atoms with Gasteiger partial charge in [-0.05, 0) is 54.7 Å². The third-order valence-corrected chi connectivity index (χ3v) is 4.61. The Labute approximate surface area is 143 Å². The molecule has 1 aliphatic carbocycles. The maximum absolute atomic E-state index is 11.2. The predicted molar refractivity (Wildman–Crippen MR) is 96.4 cm³/mol. The fourth-order valence-electron chi connectivity index (χ4n) is 3.47. The van der Waals surface area contributed by atoms with Gasteiger partial charge in [0.1, 0.15) is 5.75 Å². The first-order chi connectivity index (χ1) is 11.6. The highest BCUT2D eigenvalue weighted by Gasteiger charge is 2.26. The first-order valence-corrected chi connectivity index (χ1v) is 8.38. The molecule has 0 fully saturated rings. The van der Waals surface area contributed by atoms with Gasteiger partial charge in [-0.1, -0.05) is 24.3 Å². The van der Waals surface area contributed by atoms with Crippen LogP contribution in [-0.2, 0) is 11.2 Å². The molecule has 2 atom stereocenters. The van der Waals surface area contributed by atoms with Gasteiger partial charge in [0.15, 0.2) is 0 Å². The fraction of sp³-hybridized carbons (Fsp3) is 0.350. The number of methoxy groups -OCH3 is 1. The summed E-state index contributed by atoms with van der Waals surface area (Å²) in [6, 6.07) is 14.8. The van der Waals surface area contributed by atoms with E-state index in [1.54, 1.807) is 7.11 Å². The quantitative estimate of drug-likeness (QED) is 0.874. The van der Waals surface area contributed by atoms with Gasteiger partial charge in [-0.25, -0.2) is 0 Å². The van der Waals surface area contributed by atoms with Gasteiger partial charge >= 0.3 is 0 Å². The zero-order valence-corrected chi connectivity index (χ0v) is 14.4. The number of rotatable bonds is 5. The SMILES string of the molecule is COc1cccc2c1CC[C@@H]2N[C@H](C)c1cccc(NC(C)=O)c1. The number of anilines is 1. The van der Waals surface area contributed by atoms with Gasteiger partial charge in [0, 0.05) is 24.7 Å². The highest BCUT2D eigenvalue weighted by molar-refractivity contribution is 5.88. The lowest BCUT2D eigenvalue weighted by atomic mass is 10.0. The Morgan fingerprint density at radius 2 is 2.04 bits per heavy atom. The molecular formula is C20H24N2O2. The molecule has 4 nitrogen and oxygen atoms in total. The molecule has 24 heavy (non-hydrogen) atoms. The molecule has 126 valence electrons. The molecule has 0 saturated heterocycles. The van der Waals surface area contributed by atoms with Crippen LogP contribution < -0.4 is 15.4 Å². The van der Waals surface area contributed by atoms with Crippen molar-refractivity contribution >= 4 is 11.6 Å². The number of carbonyl (C=O) groups excluding carboxylic acids is 1. The molecule has 0 spiro atoms. The molecule has 0 heterocycles. The zero-order valence-electron chi connectivity index (χ0n) is 14.4. The first kappa shape index (κ1) is 16.5. The van der Waals surface area contributed by atoms with Crippen molar-refractivity contribution < 1.29 is 9.53 Å². The van der Waals surface area contributed by atoms with Crippen LogP contribution in [-0.4, -0.2) is 13.0 Å². The van der Waals surface area contributed by atoms with Crippen molar-refractivity contribution in [3.63, 3.8) is 0 Å². The molecule has 3 rings (SSSR count). The third kappa shape index (κ3) is 3.44. The van der Waals surface area contributed by atoms with Crippen molar-refractivity contribution in [2.45, 2.75) is 38.8 Å². The molecule has 0 radical (unpaired) electrons. The van der Waals surface area contributed by atoms with E-state index >= 15 is 0 Å². The van der Waals surface area contributed by atoms with Gasteiger partial charge in [-0.3, -0.25) is 4.79 Å². The molecule has 0 aromatic heterocycles. The predicted octanol–water partition coefficient (Wildman–Crippen LogP) is 3.99. The lowest BCUT2D eigenvalue weighted by Crippen LogP contribution is -2.23. The van der Waals surface area contributed by atoms with Crippen LogP contribution in [0.2, 0.25) is 0 Å². The zero-order chi connectivity index (χ0) is 17.1. The molecule has 4 heteroatoms. The van der Waals surface area contributed by atoms with Gasteiger partial charge in [0.05, 0.1) is 7.11 Å². The van der Waals surface area contributed by atoms with E-state index in [0.29, 0.717) is 6.04 Å². The minimum absolute atomic E-state index is 0.0513. The summed E-state index contributed by atoms with van der Waals surface area (Å²) in [5.41, 5.74) is 4.65. The monoisotopic (exact) mass is 324 g/mol. The number of nitrogens with one attached hydrogen (secondary N) is 2. The standard InChI is InChI=1S/C20H24N2O2/c1-13(15-6-4-7-16(12-15)22-14(2)23)21-19-11-10-18-17(19)8-5-9-20(18)24-3/h4-9,12-13,19,21H,10-11H2,1-3H3,(H,22,23)/t13-,19+/m1/s1. The van der Waals surface area contributed by atoms with Crippen molar-refractivity contribution in [3.8, 4) is 5.75 Å². The number of ether oxygens (including phenoxy) is 1. The van der Waals surface area contributed by atoms with Crippen LogP contribution in [0.3, 0.4) is 0 Å². The number of hydrogen-bond donors (Lipinski definition) is 2. The maximum atomic E-state index is 11.2. The van der Waals surface area contributed by atoms with E-state index in [4.69, 9.17) is 4.74 Å². The maximum Gasteiger partial charge on any atom is 0.221 e. The van der Waals surface area contributed by atoms with E-state index in [1.807, 2.05) is 24.3 Å².